The lowest BCUT2D eigenvalue weighted by Crippen LogP contribution is -2.28. The van der Waals surface area contributed by atoms with E-state index < -0.39 is 30.0 Å². The lowest BCUT2D eigenvalue weighted by molar-refractivity contribution is -0.276. The molecule has 3 nitrogen and oxygen atoms in total. The number of alkyl halides is 6. The van der Waals surface area contributed by atoms with Gasteiger partial charge in [-0.25, -0.2) is 5.11 Å². The van der Waals surface area contributed by atoms with Crippen LogP contribution >= 0.6 is 0 Å². The van der Waals surface area contributed by atoms with Gasteiger partial charge in [-0.05, 0) is 43.9 Å². The van der Waals surface area contributed by atoms with E-state index in [-0.39, 0.29) is 11.7 Å². The Morgan fingerprint density at radius 2 is 1.61 bits per heavy atom. The number of anilines is 1. The predicted octanol–water partition coefficient (Wildman–Crippen LogP) is 4.76. The number of nitrogens with one attached hydrogen (secondary N) is 1. The van der Waals surface area contributed by atoms with Crippen LogP contribution < -0.4 is 10.1 Å². The largest absolute Gasteiger partial charge is 0.573 e. The number of hydrogen-bond acceptors (Lipinski definition) is 2. The van der Waals surface area contributed by atoms with Gasteiger partial charge >= 0.3 is 12.5 Å². The molecule has 0 heterocycles. The fourth-order valence-electron chi connectivity index (χ4n) is 2.50. The van der Waals surface area contributed by atoms with E-state index in [1.807, 2.05) is 0 Å². The third kappa shape index (κ3) is 5.19. The molecular formula is C14H14F6NO2. The highest BCUT2D eigenvalue weighted by molar-refractivity contribution is 5.53. The third-order valence-corrected chi connectivity index (χ3v) is 3.56. The minimum atomic E-state index is -5.21. The lowest BCUT2D eigenvalue weighted by Gasteiger charge is -2.26. The zero-order chi connectivity index (χ0) is 17.3. The summed E-state index contributed by atoms with van der Waals surface area (Å²) in [5, 5.41) is 14.0. The predicted molar refractivity (Wildman–Crippen MR) is 68.5 cm³/mol. The highest BCUT2D eigenvalue weighted by atomic mass is 19.4. The van der Waals surface area contributed by atoms with E-state index in [0.29, 0.717) is 37.8 Å². The van der Waals surface area contributed by atoms with Crippen LogP contribution in [0.1, 0.15) is 31.2 Å². The van der Waals surface area contributed by atoms with Crippen molar-refractivity contribution in [3.63, 3.8) is 0 Å². The van der Waals surface area contributed by atoms with Crippen LogP contribution in [0.25, 0.3) is 0 Å². The summed E-state index contributed by atoms with van der Waals surface area (Å²) in [7, 11) is 0. The van der Waals surface area contributed by atoms with E-state index in [1.54, 1.807) is 0 Å². The Hall–Kier alpha value is -1.64. The van der Waals surface area contributed by atoms with Crippen LogP contribution in [-0.2, 0) is 11.3 Å². The molecule has 1 saturated carbocycles. The van der Waals surface area contributed by atoms with Crippen molar-refractivity contribution in [3.8, 4) is 5.75 Å². The van der Waals surface area contributed by atoms with E-state index in [1.165, 1.54) is 0 Å². The molecule has 1 aliphatic rings. The Morgan fingerprint density at radius 3 is 2.13 bits per heavy atom. The molecule has 1 fully saturated rings. The molecule has 1 aromatic carbocycles. The van der Waals surface area contributed by atoms with E-state index in [0.717, 1.165) is 6.07 Å². The van der Waals surface area contributed by atoms with Crippen LogP contribution in [0.5, 0.6) is 5.75 Å². The second kappa shape index (κ2) is 6.46. The van der Waals surface area contributed by atoms with Gasteiger partial charge in [0.15, 0.2) is 0 Å². The average molecular weight is 342 g/mol. The smallest absolute Gasteiger partial charge is 0.405 e. The molecule has 129 valence electrons. The average Bonchev–Trinajstić information content (AvgIpc) is 2.40. The van der Waals surface area contributed by atoms with Crippen molar-refractivity contribution in [3.05, 3.63) is 23.8 Å². The van der Waals surface area contributed by atoms with Gasteiger partial charge in [0.2, 0.25) is 0 Å². The molecule has 1 N–H and O–H groups in total. The molecule has 1 aliphatic carbocycles. The fourth-order valence-corrected chi connectivity index (χ4v) is 2.50. The zero-order valence-corrected chi connectivity index (χ0v) is 11.8. The zero-order valence-electron chi connectivity index (χ0n) is 11.8. The Kier molecular flexibility index (Phi) is 4.98. The van der Waals surface area contributed by atoms with Gasteiger partial charge in [-0.1, -0.05) is 0 Å². The summed E-state index contributed by atoms with van der Waals surface area (Å²) in [5.41, 5.74) is -1.46. The van der Waals surface area contributed by atoms with E-state index in [9.17, 15) is 31.4 Å². The quantitative estimate of drug-likeness (QED) is 0.805. The van der Waals surface area contributed by atoms with Crippen molar-refractivity contribution in [1.82, 2.24) is 0 Å². The molecule has 0 unspecified atom stereocenters. The van der Waals surface area contributed by atoms with Gasteiger partial charge in [-0.2, -0.15) is 13.2 Å². The van der Waals surface area contributed by atoms with Crippen LogP contribution in [0, 0.1) is 0 Å². The standard InChI is InChI=1S/C14H14F6NO2/c15-13(16,17)11-7-9(3-6-12(11)23-14(18,19)20)21-8-1-4-10(22)5-2-8/h3,6-8,10,21H,1-2,4-5H2. The van der Waals surface area contributed by atoms with Crippen molar-refractivity contribution >= 4 is 5.69 Å². The molecular weight excluding hydrogens is 328 g/mol. The second-order valence-corrected chi connectivity index (χ2v) is 5.37. The molecule has 1 radical (unpaired) electrons. The summed E-state index contributed by atoms with van der Waals surface area (Å²) in [6.45, 7) is 0. The number of rotatable bonds is 3. The second-order valence-electron chi connectivity index (χ2n) is 5.37. The molecule has 1 aromatic rings. The van der Waals surface area contributed by atoms with Crippen molar-refractivity contribution < 1.29 is 36.2 Å². The summed E-state index contributed by atoms with van der Waals surface area (Å²) >= 11 is 0. The maximum absolute atomic E-state index is 12.9. The summed E-state index contributed by atoms with van der Waals surface area (Å²) in [6, 6.07) is 2.15. The molecule has 0 aliphatic heterocycles. The Bertz CT molecular complexity index is 535. The monoisotopic (exact) mass is 342 g/mol. The summed E-state index contributed by atoms with van der Waals surface area (Å²) in [6.07, 6.45) is -9.00. The third-order valence-electron chi connectivity index (χ3n) is 3.56. The van der Waals surface area contributed by atoms with Crippen molar-refractivity contribution in [2.45, 2.75) is 50.4 Å². The minimum absolute atomic E-state index is 0.0428. The normalized spacial score (nSPS) is 22.7. The molecule has 2 rings (SSSR count). The first kappa shape index (κ1) is 17.7. The molecule has 0 aromatic heterocycles. The Morgan fingerprint density at radius 1 is 1.00 bits per heavy atom. The molecule has 0 saturated heterocycles. The van der Waals surface area contributed by atoms with Crippen LogP contribution in [0.2, 0.25) is 0 Å². The van der Waals surface area contributed by atoms with Crippen molar-refractivity contribution in [1.29, 1.82) is 0 Å². The minimum Gasteiger partial charge on any atom is -0.405 e. The van der Waals surface area contributed by atoms with Crippen LogP contribution in [0.15, 0.2) is 18.2 Å². The van der Waals surface area contributed by atoms with Gasteiger partial charge in [0.25, 0.3) is 0 Å². The maximum Gasteiger partial charge on any atom is 0.573 e. The van der Waals surface area contributed by atoms with Crippen molar-refractivity contribution in [2.75, 3.05) is 5.32 Å². The summed E-state index contributed by atoms with van der Waals surface area (Å²) in [5.74, 6) is -1.29. The van der Waals surface area contributed by atoms with Crippen LogP contribution in [0.4, 0.5) is 32.0 Å². The van der Waals surface area contributed by atoms with Crippen LogP contribution in [-0.4, -0.2) is 18.5 Å². The van der Waals surface area contributed by atoms with Crippen molar-refractivity contribution in [2.24, 2.45) is 0 Å². The Balaban J connectivity index is 2.19. The molecule has 0 atom stereocenters. The number of halogens is 6. The number of benzene rings is 1. The summed E-state index contributed by atoms with van der Waals surface area (Å²) in [4.78, 5) is 0. The van der Waals surface area contributed by atoms with Gasteiger partial charge in [0.1, 0.15) is 5.75 Å². The van der Waals surface area contributed by atoms with Gasteiger partial charge in [0.05, 0.1) is 11.7 Å². The fraction of sp³-hybridized carbons (Fsp3) is 0.571. The Labute approximate surface area is 128 Å². The first-order valence-electron chi connectivity index (χ1n) is 6.94. The molecule has 0 amide bonds. The van der Waals surface area contributed by atoms with E-state index in [4.69, 9.17) is 0 Å². The molecule has 0 bridgehead atoms. The molecule has 9 heteroatoms. The van der Waals surface area contributed by atoms with Gasteiger partial charge in [-0.15, -0.1) is 13.2 Å². The molecule has 0 spiro atoms. The van der Waals surface area contributed by atoms with Gasteiger partial charge in [0, 0.05) is 11.7 Å². The SMILES string of the molecule is [O]C1CCC(Nc2ccc(OC(F)(F)F)c(C(F)(F)F)c2)CC1. The van der Waals surface area contributed by atoms with E-state index in [2.05, 4.69) is 10.1 Å². The molecule has 23 heavy (non-hydrogen) atoms. The van der Waals surface area contributed by atoms with Gasteiger partial charge < -0.3 is 10.1 Å². The lowest BCUT2D eigenvalue weighted by atomic mass is 9.93. The van der Waals surface area contributed by atoms with E-state index >= 15 is 0 Å². The topological polar surface area (TPSA) is 41.2 Å². The van der Waals surface area contributed by atoms with Crippen LogP contribution in [0.3, 0.4) is 0 Å². The van der Waals surface area contributed by atoms with Gasteiger partial charge in [-0.3, -0.25) is 0 Å². The maximum atomic E-state index is 12.9. The summed E-state index contributed by atoms with van der Waals surface area (Å²) < 4.78 is 78.7. The highest BCUT2D eigenvalue weighted by Crippen LogP contribution is 2.40. The first-order chi connectivity index (χ1) is 10.5. The number of ether oxygens (including phenoxy) is 1. The highest BCUT2D eigenvalue weighted by Gasteiger charge is 2.39. The first-order valence-corrected chi connectivity index (χ1v) is 6.94. The number of hydrogen-bond donors (Lipinski definition) is 1.